The summed E-state index contributed by atoms with van der Waals surface area (Å²) < 4.78 is 7.90. The van der Waals surface area contributed by atoms with Gasteiger partial charge in [-0.3, -0.25) is 4.68 Å². The van der Waals surface area contributed by atoms with E-state index in [1.807, 2.05) is 25.7 Å². The first-order valence-electron chi connectivity index (χ1n) is 6.54. The summed E-state index contributed by atoms with van der Waals surface area (Å²) in [4.78, 5) is 0. The topological polar surface area (TPSA) is 39.1 Å². The lowest BCUT2D eigenvalue weighted by Gasteiger charge is -2.22. The Balaban J connectivity index is 1.97. The summed E-state index contributed by atoms with van der Waals surface area (Å²) >= 11 is 0. The van der Waals surface area contributed by atoms with E-state index in [-0.39, 0.29) is 0 Å². The Morgan fingerprint density at radius 1 is 1.35 bits per heavy atom. The average molecular weight is 237 g/mol. The minimum Gasteiger partial charge on any atom is -0.373 e. The summed E-state index contributed by atoms with van der Waals surface area (Å²) in [5, 5.41) is 7.61. The lowest BCUT2D eigenvalue weighted by Crippen LogP contribution is -2.16. The number of aromatic nitrogens is 2. The minimum atomic E-state index is 0.452. The molecule has 0 unspecified atom stereocenters. The SMILES string of the molecule is CNc1c(COC2CCCCC2)c(C)nn1C. The molecule has 0 amide bonds. The van der Waals surface area contributed by atoms with E-state index >= 15 is 0 Å². The van der Waals surface area contributed by atoms with Gasteiger partial charge in [-0.05, 0) is 19.8 Å². The van der Waals surface area contributed by atoms with Crippen molar-refractivity contribution in [2.45, 2.75) is 51.7 Å². The van der Waals surface area contributed by atoms with Crippen LogP contribution < -0.4 is 5.32 Å². The molecule has 0 radical (unpaired) electrons. The fourth-order valence-corrected chi connectivity index (χ4v) is 2.62. The molecule has 17 heavy (non-hydrogen) atoms. The van der Waals surface area contributed by atoms with Gasteiger partial charge in [0.2, 0.25) is 0 Å². The number of ether oxygens (including phenoxy) is 1. The molecule has 1 aromatic heterocycles. The Morgan fingerprint density at radius 3 is 2.71 bits per heavy atom. The van der Waals surface area contributed by atoms with Gasteiger partial charge in [0.15, 0.2) is 0 Å². The van der Waals surface area contributed by atoms with Gasteiger partial charge < -0.3 is 10.1 Å². The first-order valence-corrected chi connectivity index (χ1v) is 6.54. The fraction of sp³-hybridized carbons (Fsp3) is 0.769. The Hall–Kier alpha value is -1.03. The Labute approximate surface area is 103 Å². The third-order valence-corrected chi connectivity index (χ3v) is 3.60. The van der Waals surface area contributed by atoms with Crippen molar-refractivity contribution in [2.75, 3.05) is 12.4 Å². The normalized spacial score (nSPS) is 17.4. The highest BCUT2D eigenvalue weighted by Gasteiger charge is 2.17. The summed E-state index contributed by atoms with van der Waals surface area (Å²) in [7, 11) is 3.89. The largest absolute Gasteiger partial charge is 0.373 e. The molecule has 0 aromatic carbocycles. The van der Waals surface area contributed by atoms with Crippen LogP contribution in [0.1, 0.15) is 43.4 Å². The maximum absolute atomic E-state index is 6.01. The van der Waals surface area contributed by atoms with Crippen molar-refractivity contribution >= 4 is 5.82 Å². The van der Waals surface area contributed by atoms with E-state index in [1.165, 1.54) is 37.7 Å². The quantitative estimate of drug-likeness (QED) is 0.875. The van der Waals surface area contributed by atoms with Crippen LogP contribution in [0, 0.1) is 6.92 Å². The third-order valence-electron chi connectivity index (χ3n) is 3.60. The zero-order chi connectivity index (χ0) is 12.3. The van der Waals surface area contributed by atoms with Gasteiger partial charge in [0.05, 0.1) is 18.4 Å². The van der Waals surface area contributed by atoms with Crippen molar-refractivity contribution in [3.8, 4) is 0 Å². The van der Waals surface area contributed by atoms with Gasteiger partial charge in [-0.15, -0.1) is 0 Å². The van der Waals surface area contributed by atoms with Crippen LogP contribution >= 0.6 is 0 Å². The second-order valence-corrected chi connectivity index (χ2v) is 4.86. The molecule has 0 aliphatic heterocycles. The van der Waals surface area contributed by atoms with E-state index in [0.717, 1.165) is 11.5 Å². The van der Waals surface area contributed by atoms with Crippen LogP contribution in [0.3, 0.4) is 0 Å². The smallest absolute Gasteiger partial charge is 0.129 e. The van der Waals surface area contributed by atoms with Gasteiger partial charge in [0, 0.05) is 19.7 Å². The van der Waals surface area contributed by atoms with Crippen molar-refractivity contribution in [3.05, 3.63) is 11.3 Å². The minimum absolute atomic E-state index is 0.452. The molecule has 1 N–H and O–H groups in total. The van der Waals surface area contributed by atoms with E-state index in [1.54, 1.807) is 0 Å². The van der Waals surface area contributed by atoms with Gasteiger partial charge in [0.25, 0.3) is 0 Å². The number of aryl methyl sites for hydroxylation is 2. The van der Waals surface area contributed by atoms with Gasteiger partial charge in [-0.2, -0.15) is 5.10 Å². The number of anilines is 1. The molecule has 0 atom stereocenters. The van der Waals surface area contributed by atoms with Crippen LogP contribution in [-0.4, -0.2) is 22.9 Å². The highest BCUT2D eigenvalue weighted by molar-refractivity contribution is 5.46. The first kappa shape index (κ1) is 12.4. The summed E-state index contributed by atoms with van der Waals surface area (Å²) in [5.74, 6) is 1.07. The summed E-state index contributed by atoms with van der Waals surface area (Å²) in [6, 6.07) is 0. The molecule has 1 fully saturated rings. The highest BCUT2D eigenvalue weighted by Crippen LogP contribution is 2.24. The average Bonchev–Trinajstić information content (AvgIpc) is 2.62. The van der Waals surface area contributed by atoms with E-state index in [4.69, 9.17) is 4.74 Å². The second kappa shape index (κ2) is 5.54. The lowest BCUT2D eigenvalue weighted by molar-refractivity contribution is 0.0169. The lowest BCUT2D eigenvalue weighted by atomic mass is 9.98. The second-order valence-electron chi connectivity index (χ2n) is 4.86. The summed E-state index contributed by atoms with van der Waals surface area (Å²) in [5.41, 5.74) is 2.26. The monoisotopic (exact) mass is 237 g/mol. The van der Waals surface area contributed by atoms with Gasteiger partial charge >= 0.3 is 0 Å². The van der Waals surface area contributed by atoms with Crippen LogP contribution in [-0.2, 0) is 18.4 Å². The number of hydrogen-bond acceptors (Lipinski definition) is 3. The van der Waals surface area contributed by atoms with Gasteiger partial charge in [0.1, 0.15) is 5.82 Å². The van der Waals surface area contributed by atoms with Crippen LogP contribution in [0.15, 0.2) is 0 Å². The molecule has 1 aliphatic rings. The molecule has 0 saturated heterocycles. The first-order chi connectivity index (χ1) is 8.22. The van der Waals surface area contributed by atoms with Crippen molar-refractivity contribution in [1.29, 1.82) is 0 Å². The zero-order valence-corrected chi connectivity index (χ0v) is 11.1. The maximum Gasteiger partial charge on any atom is 0.129 e. The Morgan fingerprint density at radius 2 is 2.06 bits per heavy atom. The molecule has 2 rings (SSSR count). The van der Waals surface area contributed by atoms with Crippen LogP contribution in [0.5, 0.6) is 0 Å². The predicted molar refractivity (Wildman–Crippen MR) is 69.2 cm³/mol. The van der Waals surface area contributed by atoms with Crippen molar-refractivity contribution in [2.24, 2.45) is 7.05 Å². The molecule has 1 saturated carbocycles. The van der Waals surface area contributed by atoms with E-state index in [0.29, 0.717) is 12.7 Å². The molecule has 1 aromatic rings. The van der Waals surface area contributed by atoms with E-state index < -0.39 is 0 Å². The predicted octanol–water partition coefficient (Wildman–Crippen LogP) is 2.62. The van der Waals surface area contributed by atoms with Gasteiger partial charge in [-0.1, -0.05) is 19.3 Å². The standard InChI is InChI=1S/C13H23N3O/c1-10-12(13(14-2)16(3)15-10)9-17-11-7-5-4-6-8-11/h11,14H,4-9H2,1-3H3. The fourth-order valence-electron chi connectivity index (χ4n) is 2.62. The summed E-state index contributed by atoms with van der Waals surface area (Å²) in [6.07, 6.45) is 6.88. The summed E-state index contributed by atoms with van der Waals surface area (Å²) in [6.45, 7) is 2.72. The van der Waals surface area contributed by atoms with Crippen molar-refractivity contribution in [1.82, 2.24) is 9.78 Å². The molecule has 4 heteroatoms. The van der Waals surface area contributed by atoms with Crippen LogP contribution in [0.25, 0.3) is 0 Å². The molecule has 96 valence electrons. The molecule has 0 spiro atoms. The Bertz CT molecular complexity index is 367. The van der Waals surface area contributed by atoms with E-state index in [9.17, 15) is 0 Å². The third kappa shape index (κ3) is 2.80. The maximum atomic E-state index is 6.01. The molecular weight excluding hydrogens is 214 g/mol. The molecular formula is C13H23N3O. The zero-order valence-electron chi connectivity index (χ0n) is 11.1. The Kier molecular flexibility index (Phi) is 4.05. The number of nitrogens with zero attached hydrogens (tertiary/aromatic N) is 2. The van der Waals surface area contributed by atoms with Crippen molar-refractivity contribution in [3.63, 3.8) is 0 Å². The van der Waals surface area contributed by atoms with Crippen LogP contribution in [0.4, 0.5) is 5.82 Å². The van der Waals surface area contributed by atoms with Gasteiger partial charge in [-0.25, -0.2) is 0 Å². The number of hydrogen-bond donors (Lipinski definition) is 1. The number of rotatable bonds is 4. The molecule has 4 nitrogen and oxygen atoms in total. The molecule has 0 bridgehead atoms. The highest BCUT2D eigenvalue weighted by atomic mass is 16.5. The van der Waals surface area contributed by atoms with Crippen LogP contribution in [0.2, 0.25) is 0 Å². The molecule has 1 heterocycles. The molecule has 1 aliphatic carbocycles. The van der Waals surface area contributed by atoms with E-state index in [2.05, 4.69) is 10.4 Å². The van der Waals surface area contributed by atoms with Crippen molar-refractivity contribution < 1.29 is 4.74 Å². The number of nitrogens with one attached hydrogen (secondary N) is 1.